The number of benzene rings is 1. The van der Waals surface area contributed by atoms with Crippen molar-refractivity contribution in [3.63, 3.8) is 0 Å². The number of nitrogens with zero attached hydrogens (tertiary/aromatic N) is 1. The number of carbonyl (C=O) groups excluding carboxylic acids is 1. The van der Waals surface area contributed by atoms with Gasteiger partial charge in [-0.1, -0.05) is 24.6 Å². The van der Waals surface area contributed by atoms with Gasteiger partial charge < -0.3 is 4.98 Å². The molecule has 1 aromatic carbocycles. The third-order valence-corrected chi connectivity index (χ3v) is 6.43. The van der Waals surface area contributed by atoms with Crippen molar-refractivity contribution in [3.05, 3.63) is 62.6 Å². The van der Waals surface area contributed by atoms with Crippen LogP contribution in [-0.4, -0.2) is 24.2 Å². The van der Waals surface area contributed by atoms with Gasteiger partial charge >= 0.3 is 0 Å². The smallest absolute Gasteiger partial charge is 0.216 e. The van der Waals surface area contributed by atoms with Crippen LogP contribution in [0.15, 0.2) is 35.1 Å². The zero-order valence-electron chi connectivity index (χ0n) is 14.0. The first-order valence-corrected chi connectivity index (χ1v) is 10.6. The lowest BCUT2D eigenvalue weighted by atomic mass is 9.98. The summed E-state index contributed by atoms with van der Waals surface area (Å²) < 4.78 is 38.8. The van der Waals surface area contributed by atoms with Crippen LogP contribution in [0, 0.1) is 5.82 Å². The summed E-state index contributed by atoms with van der Waals surface area (Å²) in [5.74, 6) is -1.54. The number of primary sulfonamides is 1. The molecule has 0 saturated heterocycles. The van der Waals surface area contributed by atoms with E-state index >= 15 is 0 Å². The van der Waals surface area contributed by atoms with Crippen molar-refractivity contribution in [2.24, 2.45) is 5.14 Å². The summed E-state index contributed by atoms with van der Waals surface area (Å²) in [5, 5.41) is 4.33. The molecule has 0 aliphatic rings. The summed E-state index contributed by atoms with van der Waals surface area (Å²) in [6, 6.07) is 3.92. The van der Waals surface area contributed by atoms with E-state index in [1.165, 1.54) is 12.3 Å². The van der Waals surface area contributed by atoms with Crippen LogP contribution in [0.3, 0.4) is 0 Å². The number of aromatic nitrogens is 2. The number of aromatic amines is 1. The standard InChI is InChI=1S/C17H14BrClFN3O3S/c1-2-13(27(21,25)26)9-3-4-12(20)14(15(9)19)16(24)11-7-23-17-10(11)5-8(18)6-22-17/h3-7,13H,2H2,1H3,(H,22,23)(H2,21,25,26). The molecule has 0 aliphatic heterocycles. The van der Waals surface area contributed by atoms with Crippen molar-refractivity contribution in [2.75, 3.05) is 0 Å². The number of nitrogens with one attached hydrogen (secondary N) is 1. The fraction of sp³-hybridized carbons (Fsp3) is 0.176. The normalized spacial score (nSPS) is 13.1. The number of fused-ring (bicyclic) bond motifs is 1. The maximum atomic E-state index is 14.5. The predicted molar refractivity (Wildman–Crippen MR) is 105 cm³/mol. The van der Waals surface area contributed by atoms with Crippen LogP contribution >= 0.6 is 27.5 Å². The Kier molecular flexibility index (Phi) is 5.40. The van der Waals surface area contributed by atoms with Crippen LogP contribution < -0.4 is 5.14 Å². The Labute approximate surface area is 168 Å². The van der Waals surface area contributed by atoms with E-state index in [0.717, 1.165) is 6.07 Å². The zero-order valence-corrected chi connectivity index (χ0v) is 17.1. The highest BCUT2D eigenvalue weighted by molar-refractivity contribution is 9.10. The summed E-state index contributed by atoms with van der Waals surface area (Å²) in [4.78, 5) is 20.0. The molecule has 0 aliphatic carbocycles. The highest BCUT2D eigenvalue weighted by Gasteiger charge is 2.29. The van der Waals surface area contributed by atoms with Crippen molar-refractivity contribution in [1.82, 2.24) is 9.97 Å². The Morgan fingerprint density at radius 2 is 2.15 bits per heavy atom. The summed E-state index contributed by atoms with van der Waals surface area (Å²) in [7, 11) is -3.98. The number of pyridine rings is 1. The number of halogens is 3. The van der Waals surface area contributed by atoms with Crippen LogP contribution in [0.2, 0.25) is 5.02 Å². The van der Waals surface area contributed by atoms with E-state index in [1.807, 2.05) is 0 Å². The Morgan fingerprint density at radius 1 is 1.44 bits per heavy atom. The average molecular weight is 475 g/mol. The quantitative estimate of drug-likeness (QED) is 0.543. The van der Waals surface area contributed by atoms with Gasteiger partial charge in [0.25, 0.3) is 0 Å². The summed E-state index contributed by atoms with van der Waals surface area (Å²) in [6.07, 6.45) is 3.09. The number of rotatable bonds is 5. The zero-order chi connectivity index (χ0) is 19.9. The Morgan fingerprint density at radius 3 is 2.78 bits per heavy atom. The number of ketones is 1. The van der Waals surface area contributed by atoms with E-state index in [0.29, 0.717) is 15.5 Å². The first-order chi connectivity index (χ1) is 12.6. The minimum Gasteiger partial charge on any atom is -0.345 e. The molecule has 3 rings (SSSR count). The van der Waals surface area contributed by atoms with E-state index in [4.69, 9.17) is 16.7 Å². The first-order valence-electron chi connectivity index (χ1n) is 7.82. The molecule has 0 spiro atoms. The highest BCUT2D eigenvalue weighted by Crippen LogP contribution is 2.35. The topological polar surface area (TPSA) is 106 Å². The number of carbonyl (C=O) groups is 1. The van der Waals surface area contributed by atoms with Gasteiger partial charge in [-0.25, -0.2) is 22.9 Å². The third-order valence-electron chi connectivity index (χ3n) is 4.20. The number of sulfonamides is 1. The molecular weight excluding hydrogens is 461 g/mol. The lowest BCUT2D eigenvalue weighted by molar-refractivity contribution is 0.103. The van der Waals surface area contributed by atoms with E-state index in [-0.39, 0.29) is 22.6 Å². The minimum absolute atomic E-state index is 0.0885. The van der Waals surface area contributed by atoms with Gasteiger partial charge in [-0.2, -0.15) is 0 Å². The fourth-order valence-electron chi connectivity index (χ4n) is 2.96. The highest BCUT2D eigenvalue weighted by atomic mass is 79.9. The summed E-state index contributed by atoms with van der Waals surface area (Å²) in [6.45, 7) is 1.61. The maximum absolute atomic E-state index is 14.5. The van der Waals surface area contributed by atoms with Gasteiger partial charge in [0.05, 0.1) is 10.6 Å². The first kappa shape index (κ1) is 19.9. The average Bonchev–Trinajstić information content (AvgIpc) is 2.99. The van der Waals surface area contributed by atoms with E-state index in [2.05, 4.69) is 25.9 Å². The molecule has 2 heterocycles. The van der Waals surface area contributed by atoms with Gasteiger partial charge in [-0.15, -0.1) is 0 Å². The molecule has 3 aromatic rings. The lowest BCUT2D eigenvalue weighted by Gasteiger charge is -2.17. The molecule has 1 atom stereocenters. The largest absolute Gasteiger partial charge is 0.345 e. The van der Waals surface area contributed by atoms with Gasteiger partial charge in [0.1, 0.15) is 16.7 Å². The van der Waals surface area contributed by atoms with Crippen LogP contribution in [0.5, 0.6) is 0 Å². The number of hydrogen-bond donors (Lipinski definition) is 2. The number of H-pyrrole nitrogens is 1. The van der Waals surface area contributed by atoms with Crippen molar-refractivity contribution in [2.45, 2.75) is 18.6 Å². The molecule has 0 bridgehead atoms. The van der Waals surface area contributed by atoms with Gasteiger partial charge in [-0.05, 0) is 40.0 Å². The molecule has 1 unspecified atom stereocenters. The molecule has 0 fully saturated rings. The molecule has 3 N–H and O–H groups in total. The maximum Gasteiger partial charge on any atom is 0.216 e. The van der Waals surface area contributed by atoms with Gasteiger partial charge in [0, 0.05) is 27.8 Å². The summed E-state index contributed by atoms with van der Waals surface area (Å²) in [5.41, 5.74) is 0.299. The van der Waals surface area contributed by atoms with Crippen LogP contribution in [-0.2, 0) is 10.0 Å². The molecule has 2 aromatic heterocycles. The van der Waals surface area contributed by atoms with Crippen LogP contribution in [0.4, 0.5) is 4.39 Å². The van der Waals surface area contributed by atoms with Crippen molar-refractivity contribution >= 4 is 54.4 Å². The summed E-state index contributed by atoms with van der Waals surface area (Å²) >= 11 is 9.55. The molecule has 0 saturated carbocycles. The Balaban J connectivity index is 2.20. The monoisotopic (exact) mass is 473 g/mol. The molecule has 0 amide bonds. The molecule has 6 nitrogen and oxygen atoms in total. The van der Waals surface area contributed by atoms with Crippen LogP contribution in [0.25, 0.3) is 11.0 Å². The molecule has 142 valence electrons. The van der Waals surface area contributed by atoms with Crippen LogP contribution in [0.1, 0.15) is 40.1 Å². The fourth-order valence-corrected chi connectivity index (χ4v) is 4.74. The minimum atomic E-state index is -3.98. The predicted octanol–water partition coefficient (Wildman–Crippen LogP) is 4.09. The van der Waals surface area contributed by atoms with Crippen molar-refractivity contribution in [3.8, 4) is 0 Å². The van der Waals surface area contributed by atoms with Crippen molar-refractivity contribution < 1.29 is 17.6 Å². The Hall–Kier alpha value is -1.81. The van der Waals surface area contributed by atoms with Crippen molar-refractivity contribution in [1.29, 1.82) is 0 Å². The second-order valence-corrected chi connectivity index (χ2v) is 8.93. The van der Waals surface area contributed by atoms with Gasteiger partial charge in [0.2, 0.25) is 10.0 Å². The number of nitrogens with two attached hydrogens (primary N) is 1. The molecule has 10 heteroatoms. The molecule has 27 heavy (non-hydrogen) atoms. The van der Waals surface area contributed by atoms with E-state index in [9.17, 15) is 17.6 Å². The second kappa shape index (κ2) is 7.31. The lowest BCUT2D eigenvalue weighted by Crippen LogP contribution is -2.22. The van der Waals surface area contributed by atoms with E-state index in [1.54, 1.807) is 19.2 Å². The molecular formula is C17H14BrClFN3O3S. The molecule has 0 radical (unpaired) electrons. The van der Waals surface area contributed by atoms with Gasteiger partial charge in [-0.3, -0.25) is 4.79 Å². The number of hydrogen-bond acceptors (Lipinski definition) is 4. The SMILES string of the molecule is CCC(c1ccc(F)c(C(=O)c2c[nH]c3ncc(Br)cc23)c1Cl)S(N)(=O)=O. The van der Waals surface area contributed by atoms with Gasteiger partial charge in [0.15, 0.2) is 5.78 Å². The second-order valence-electron chi connectivity index (χ2n) is 5.89. The third kappa shape index (κ3) is 3.64. The Bertz CT molecular complexity index is 1160. The van der Waals surface area contributed by atoms with E-state index < -0.39 is 32.4 Å².